The van der Waals surface area contributed by atoms with Gasteiger partial charge in [-0.05, 0) is 50.4 Å². The number of hydrogen-bond donors (Lipinski definition) is 1. The van der Waals surface area contributed by atoms with E-state index < -0.39 is 11.7 Å². The molecule has 0 spiro atoms. The second kappa shape index (κ2) is 10.4. The molecule has 28 heavy (non-hydrogen) atoms. The molecule has 7 heteroatoms. The number of anilines is 1. The summed E-state index contributed by atoms with van der Waals surface area (Å²) >= 11 is 0. The summed E-state index contributed by atoms with van der Waals surface area (Å²) in [7, 11) is 1.81. The van der Waals surface area contributed by atoms with Crippen LogP contribution >= 0.6 is 0 Å². The fourth-order valence-electron chi connectivity index (χ4n) is 2.59. The van der Waals surface area contributed by atoms with Crippen molar-refractivity contribution in [3.05, 3.63) is 59.9 Å². The van der Waals surface area contributed by atoms with Crippen molar-refractivity contribution in [2.75, 3.05) is 38.2 Å². The summed E-state index contributed by atoms with van der Waals surface area (Å²) in [6.07, 6.45) is 0.0311. The third-order valence-electron chi connectivity index (χ3n) is 4.19. The van der Waals surface area contributed by atoms with Gasteiger partial charge in [0.05, 0.1) is 6.54 Å². The summed E-state index contributed by atoms with van der Waals surface area (Å²) < 4.78 is 18.9. The molecule has 0 heterocycles. The average Bonchev–Trinajstić information content (AvgIpc) is 2.64. The minimum Gasteiger partial charge on any atom is -0.492 e. The van der Waals surface area contributed by atoms with Crippen LogP contribution in [0.1, 0.15) is 12.0 Å². The highest BCUT2D eigenvalue weighted by Crippen LogP contribution is 2.16. The third-order valence-corrected chi connectivity index (χ3v) is 4.19. The number of nitrogens with two attached hydrogens (primary N) is 1. The van der Waals surface area contributed by atoms with E-state index in [0.717, 1.165) is 11.3 Å². The van der Waals surface area contributed by atoms with E-state index >= 15 is 0 Å². The van der Waals surface area contributed by atoms with Gasteiger partial charge in [-0.15, -0.1) is 0 Å². The normalized spacial score (nSPS) is 10.7. The van der Waals surface area contributed by atoms with Gasteiger partial charge in [0.15, 0.2) is 0 Å². The summed E-state index contributed by atoms with van der Waals surface area (Å²) in [5.74, 6) is -0.318. The first-order valence-corrected chi connectivity index (χ1v) is 9.07. The Morgan fingerprint density at radius 1 is 1.04 bits per heavy atom. The van der Waals surface area contributed by atoms with Gasteiger partial charge in [-0.1, -0.05) is 17.7 Å². The quantitative estimate of drug-likeness (QED) is 0.679. The Morgan fingerprint density at radius 3 is 2.29 bits per heavy atom. The van der Waals surface area contributed by atoms with Crippen molar-refractivity contribution < 1.29 is 18.7 Å². The Balaban J connectivity index is 1.90. The summed E-state index contributed by atoms with van der Waals surface area (Å²) in [4.78, 5) is 27.1. The van der Waals surface area contributed by atoms with Crippen molar-refractivity contribution in [2.24, 2.45) is 5.73 Å². The van der Waals surface area contributed by atoms with Crippen LogP contribution in [0.5, 0.6) is 5.75 Å². The van der Waals surface area contributed by atoms with Crippen molar-refractivity contribution in [3.8, 4) is 5.75 Å². The molecule has 2 N–H and O–H groups in total. The number of nitrogens with zero attached hydrogens (tertiary/aromatic N) is 2. The number of likely N-dealkylation sites (N-methyl/N-ethyl adjacent to an activating group) is 1. The van der Waals surface area contributed by atoms with Gasteiger partial charge in [-0.25, -0.2) is 4.39 Å². The monoisotopic (exact) mass is 387 g/mol. The zero-order valence-corrected chi connectivity index (χ0v) is 16.2. The number of aryl methyl sites for hydroxylation is 1. The number of primary amides is 1. The number of amides is 2. The Kier molecular flexibility index (Phi) is 7.95. The standard InChI is InChI=1S/C21H26FN3O3/c1-16-3-9-19(10-4-16)28-14-13-24(2)15-21(27)25(12-11-20(23)26)18-7-5-17(22)6-8-18/h3-10H,11-15H2,1-2H3,(H2,23,26). The molecule has 0 aliphatic carbocycles. The van der Waals surface area contributed by atoms with E-state index in [4.69, 9.17) is 10.5 Å². The maximum Gasteiger partial charge on any atom is 0.241 e. The van der Waals surface area contributed by atoms with Gasteiger partial charge in [-0.3, -0.25) is 14.5 Å². The first-order chi connectivity index (χ1) is 13.3. The molecule has 2 amide bonds. The van der Waals surface area contributed by atoms with E-state index in [0.29, 0.717) is 18.8 Å². The van der Waals surface area contributed by atoms with Crippen LogP contribution in [0, 0.1) is 12.7 Å². The Morgan fingerprint density at radius 2 is 1.68 bits per heavy atom. The summed E-state index contributed by atoms with van der Waals surface area (Å²) in [6, 6.07) is 13.3. The molecule has 0 atom stereocenters. The number of ether oxygens (including phenoxy) is 1. The molecule has 2 aromatic rings. The lowest BCUT2D eigenvalue weighted by atomic mass is 10.2. The van der Waals surface area contributed by atoms with E-state index in [-0.39, 0.29) is 25.4 Å². The highest BCUT2D eigenvalue weighted by molar-refractivity contribution is 5.95. The van der Waals surface area contributed by atoms with Gasteiger partial charge in [0, 0.05) is 25.2 Å². The molecule has 0 saturated carbocycles. The second-order valence-electron chi connectivity index (χ2n) is 6.64. The molecule has 0 radical (unpaired) electrons. The first kappa shape index (κ1) is 21.4. The van der Waals surface area contributed by atoms with Crippen molar-refractivity contribution in [1.82, 2.24) is 4.90 Å². The maximum atomic E-state index is 13.2. The van der Waals surface area contributed by atoms with Crippen LogP contribution in [0.3, 0.4) is 0 Å². The number of carbonyl (C=O) groups excluding carboxylic acids is 2. The first-order valence-electron chi connectivity index (χ1n) is 9.07. The molecule has 2 rings (SSSR count). The maximum absolute atomic E-state index is 13.2. The molecule has 0 aliphatic heterocycles. The van der Waals surface area contributed by atoms with Crippen LogP contribution in [-0.2, 0) is 9.59 Å². The van der Waals surface area contributed by atoms with Crippen LogP contribution in [0.15, 0.2) is 48.5 Å². The second-order valence-corrected chi connectivity index (χ2v) is 6.64. The Hall–Kier alpha value is -2.93. The predicted molar refractivity (Wildman–Crippen MR) is 107 cm³/mol. The molecule has 0 bridgehead atoms. The van der Waals surface area contributed by atoms with Crippen molar-refractivity contribution in [1.29, 1.82) is 0 Å². The van der Waals surface area contributed by atoms with Gasteiger partial charge in [0.2, 0.25) is 11.8 Å². The SMILES string of the molecule is Cc1ccc(OCCN(C)CC(=O)N(CCC(N)=O)c2ccc(F)cc2)cc1. The smallest absolute Gasteiger partial charge is 0.241 e. The van der Waals surface area contributed by atoms with Gasteiger partial charge in [-0.2, -0.15) is 0 Å². The lowest BCUT2D eigenvalue weighted by Crippen LogP contribution is -2.41. The number of rotatable bonds is 10. The van der Waals surface area contributed by atoms with Crippen molar-refractivity contribution in [3.63, 3.8) is 0 Å². The van der Waals surface area contributed by atoms with E-state index in [9.17, 15) is 14.0 Å². The van der Waals surface area contributed by atoms with Gasteiger partial charge < -0.3 is 15.4 Å². The lowest BCUT2D eigenvalue weighted by molar-refractivity contribution is -0.119. The summed E-state index contributed by atoms with van der Waals surface area (Å²) in [5.41, 5.74) is 6.89. The van der Waals surface area contributed by atoms with E-state index in [1.807, 2.05) is 43.1 Å². The predicted octanol–water partition coefficient (Wildman–Crippen LogP) is 2.35. The van der Waals surface area contributed by atoms with Gasteiger partial charge in [0.25, 0.3) is 0 Å². The Labute approximate surface area is 164 Å². The zero-order chi connectivity index (χ0) is 20.5. The van der Waals surface area contributed by atoms with Gasteiger partial charge in [0.1, 0.15) is 18.2 Å². The van der Waals surface area contributed by atoms with Crippen LogP contribution in [0.2, 0.25) is 0 Å². The summed E-state index contributed by atoms with van der Waals surface area (Å²) in [5, 5.41) is 0. The van der Waals surface area contributed by atoms with E-state index in [1.54, 1.807) is 0 Å². The lowest BCUT2D eigenvalue weighted by Gasteiger charge is -2.25. The number of benzene rings is 2. The van der Waals surface area contributed by atoms with Gasteiger partial charge >= 0.3 is 0 Å². The molecule has 150 valence electrons. The molecule has 0 fully saturated rings. The minimum absolute atomic E-state index is 0.0311. The molecule has 0 aromatic heterocycles. The Bertz CT molecular complexity index is 778. The number of halogens is 1. The highest BCUT2D eigenvalue weighted by Gasteiger charge is 2.18. The fraction of sp³-hybridized carbons (Fsp3) is 0.333. The van der Waals surface area contributed by atoms with E-state index in [1.165, 1.54) is 29.2 Å². The van der Waals surface area contributed by atoms with Crippen LogP contribution in [0.4, 0.5) is 10.1 Å². The minimum atomic E-state index is -0.500. The third kappa shape index (κ3) is 7.00. The topological polar surface area (TPSA) is 75.9 Å². The van der Waals surface area contributed by atoms with Crippen molar-refractivity contribution in [2.45, 2.75) is 13.3 Å². The molecule has 0 aliphatic rings. The van der Waals surface area contributed by atoms with Crippen LogP contribution in [-0.4, -0.2) is 50.0 Å². The molecule has 0 unspecified atom stereocenters. The number of carbonyl (C=O) groups is 2. The average molecular weight is 387 g/mol. The molecule has 6 nitrogen and oxygen atoms in total. The molecule has 0 saturated heterocycles. The largest absolute Gasteiger partial charge is 0.492 e. The molecule has 2 aromatic carbocycles. The van der Waals surface area contributed by atoms with E-state index in [2.05, 4.69) is 0 Å². The zero-order valence-electron chi connectivity index (χ0n) is 16.2. The fourth-order valence-corrected chi connectivity index (χ4v) is 2.59. The molecular formula is C21H26FN3O3. The summed E-state index contributed by atoms with van der Waals surface area (Å²) in [6.45, 7) is 3.27. The van der Waals surface area contributed by atoms with Crippen molar-refractivity contribution >= 4 is 17.5 Å². The van der Waals surface area contributed by atoms with Crippen LogP contribution in [0.25, 0.3) is 0 Å². The molecular weight excluding hydrogens is 361 g/mol. The van der Waals surface area contributed by atoms with Crippen LogP contribution < -0.4 is 15.4 Å². The highest BCUT2D eigenvalue weighted by atomic mass is 19.1. The number of hydrogen-bond acceptors (Lipinski definition) is 4.